The van der Waals surface area contributed by atoms with E-state index in [1.54, 1.807) is 0 Å². The Bertz CT molecular complexity index is 708. The smallest absolute Gasteiger partial charge is 0.0647 e. The number of hydrazone groups is 1. The van der Waals surface area contributed by atoms with Crippen LogP contribution in [-0.2, 0) is 6.54 Å². The maximum atomic E-state index is 6.09. The molecule has 1 saturated heterocycles. The van der Waals surface area contributed by atoms with Crippen molar-refractivity contribution < 1.29 is 0 Å². The topological polar surface area (TPSA) is 18.8 Å². The van der Waals surface area contributed by atoms with Gasteiger partial charge in [0.2, 0.25) is 0 Å². The van der Waals surface area contributed by atoms with Crippen LogP contribution in [0.3, 0.4) is 0 Å². The van der Waals surface area contributed by atoms with Crippen molar-refractivity contribution >= 4 is 28.9 Å². The number of hydrogen-bond donors (Lipinski definition) is 0. The van der Waals surface area contributed by atoms with Crippen molar-refractivity contribution in [1.82, 2.24) is 9.91 Å². The van der Waals surface area contributed by atoms with Gasteiger partial charge in [0.1, 0.15) is 0 Å². The van der Waals surface area contributed by atoms with Crippen molar-refractivity contribution in [3.05, 3.63) is 69.7 Å². The number of piperazine rings is 1. The molecule has 2 aromatic carbocycles. The third-order valence-corrected chi connectivity index (χ3v) is 4.97. The molecule has 0 unspecified atom stereocenters. The van der Waals surface area contributed by atoms with Gasteiger partial charge in [-0.05, 0) is 30.2 Å². The van der Waals surface area contributed by atoms with E-state index in [2.05, 4.69) is 40.2 Å². The summed E-state index contributed by atoms with van der Waals surface area (Å²) in [5, 5.41) is 8.02. The Balaban J connectivity index is 1.57. The molecule has 0 amide bonds. The molecule has 1 aliphatic heterocycles. The van der Waals surface area contributed by atoms with Gasteiger partial charge in [-0.2, -0.15) is 5.10 Å². The van der Waals surface area contributed by atoms with Gasteiger partial charge in [-0.15, -0.1) is 0 Å². The fourth-order valence-electron chi connectivity index (χ4n) is 2.83. The number of nitrogens with zero attached hydrogens (tertiary/aromatic N) is 3. The highest BCUT2D eigenvalue weighted by Gasteiger charge is 2.16. The molecule has 3 rings (SSSR count). The lowest BCUT2D eigenvalue weighted by atomic mass is 10.1. The maximum absolute atomic E-state index is 6.09. The van der Waals surface area contributed by atoms with Gasteiger partial charge in [0.15, 0.2) is 0 Å². The van der Waals surface area contributed by atoms with E-state index in [4.69, 9.17) is 28.3 Å². The first-order chi connectivity index (χ1) is 11.6. The molecule has 0 atom stereocenters. The first-order valence-corrected chi connectivity index (χ1v) is 8.89. The second-order valence-corrected chi connectivity index (χ2v) is 6.84. The molecule has 1 heterocycles. The molecule has 0 aliphatic carbocycles. The van der Waals surface area contributed by atoms with Crippen molar-refractivity contribution in [2.24, 2.45) is 5.10 Å². The average molecular weight is 362 g/mol. The van der Waals surface area contributed by atoms with Crippen LogP contribution in [0.25, 0.3) is 0 Å². The lowest BCUT2D eigenvalue weighted by Crippen LogP contribution is -2.43. The molecule has 0 spiro atoms. The van der Waals surface area contributed by atoms with Gasteiger partial charge in [-0.1, -0.05) is 59.6 Å². The van der Waals surface area contributed by atoms with Crippen LogP contribution < -0.4 is 0 Å². The molecule has 0 bridgehead atoms. The minimum atomic E-state index is 0.566. The average Bonchev–Trinajstić information content (AvgIpc) is 2.60. The molecule has 0 radical (unpaired) electrons. The van der Waals surface area contributed by atoms with Crippen molar-refractivity contribution in [2.75, 3.05) is 26.2 Å². The van der Waals surface area contributed by atoms with Crippen molar-refractivity contribution in [3.63, 3.8) is 0 Å². The standard InChI is InChI=1S/C19H21Cl2N3/c1-15(17-7-8-18(20)19(21)13-17)22-24-11-9-23(10-12-24)14-16-5-3-2-4-6-16/h2-8,13H,9-12,14H2,1H3/b22-15-. The van der Waals surface area contributed by atoms with Crippen LogP contribution in [0.1, 0.15) is 18.1 Å². The van der Waals surface area contributed by atoms with Gasteiger partial charge in [0.25, 0.3) is 0 Å². The first kappa shape index (κ1) is 17.3. The van der Waals surface area contributed by atoms with Crippen LogP contribution in [0.15, 0.2) is 53.6 Å². The van der Waals surface area contributed by atoms with E-state index in [9.17, 15) is 0 Å². The molecule has 0 aromatic heterocycles. The monoisotopic (exact) mass is 361 g/mol. The van der Waals surface area contributed by atoms with Gasteiger partial charge in [-0.3, -0.25) is 9.91 Å². The number of hydrogen-bond acceptors (Lipinski definition) is 3. The predicted octanol–water partition coefficient (Wildman–Crippen LogP) is 4.54. The van der Waals surface area contributed by atoms with Crippen molar-refractivity contribution in [2.45, 2.75) is 13.5 Å². The minimum absolute atomic E-state index is 0.566. The van der Waals surface area contributed by atoms with E-state index in [0.29, 0.717) is 10.0 Å². The Kier molecular flexibility index (Phi) is 5.77. The third kappa shape index (κ3) is 4.50. The van der Waals surface area contributed by atoms with Crippen LogP contribution in [0.4, 0.5) is 0 Å². The van der Waals surface area contributed by atoms with Crippen LogP contribution in [0.5, 0.6) is 0 Å². The number of rotatable bonds is 4. The SMILES string of the molecule is C/C(=N/N1CCN(Cc2ccccc2)CC1)c1ccc(Cl)c(Cl)c1. The Morgan fingerprint density at radius 3 is 2.33 bits per heavy atom. The van der Waals surface area contributed by atoms with E-state index in [1.807, 2.05) is 25.1 Å². The summed E-state index contributed by atoms with van der Waals surface area (Å²) in [4.78, 5) is 2.47. The first-order valence-electron chi connectivity index (χ1n) is 8.13. The zero-order chi connectivity index (χ0) is 16.9. The summed E-state index contributed by atoms with van der Waals surface area (Å²) in [6.45, 7) is 6.93. The van der Waals surface area contributed by atoms with Crippen LogP contribution in [-0.4, -0.2) is 41.8 Å². The second kappa shape index (κ2) is 8.02. The zero-order valence-electron chi connectivity index (χ0n) is 13.8. The highest BCUT2D eigenvalue weighted by atomic mass is 35.5. The summed E-state index contributed by atoms with van der Waals surface area (Å²) in [6.07, 6.45) is 0. The summed E-state index contributed by atoms with van der Waals surface area (Å²) in [5.74, 6) is 0. The second-order valence-electron chi connectivity index (χ2n) is 6.03. The maximum Gasteiger partial charge on any atom is 0.0647 e. The molecular weight excluding hydrogens is 341 g/mol. The summed E-state index contributed by atoms with van der Waals surface area (Å²) in [7, 11) is 0. The molecule has 126 valence electrons. The highest BCUT2D eigenvalue weighted by molar-refractivity contribution is 6.42. The van der Waals surface area contributed by atoms with Crippen LogP contribution in [0, 0.1) is 0 Å². The quantitative estimate of drug-likeness (QED) is 0.744. The molecule has 1 fully saturated rings. The van der Waals surface area contributed by atoms with E-state index in [-0.39, 0.29) is 0 Å². The van der Waals surface area contributed by atoms with E-state index < -0.39 is 0 Å². The molecule has 1 aliphatic rings. The van der Waals surface area contributed by atoms with Crippen molar-refractivity contribution in [3.8, 4) is 0 Å². The Labute approximate surface area is 153 Å². The fourth-order valence-corrected chi connectivity index (χ4v) is 3.13. The normalized spacial score (nSPS) is 16.5. The third-order valence-electron chi connectivity index (χ3n) is 4.23. The molecule has 3 nitrogen and oxygen atoms in total. The molecule has 24 heavy (non-hydrogen) atoms. The molecule has 0 saturated carbocycles. The van der Waals surface area contributed by atoms with Crippen molar-refractivity contribution in [1.29, 1.82) is 0 Å². The molecular formula is C19H21Cl2N3. The van der Waals surface area contributed by atoms with Gasteiger partial charge in [0.05, 0.1) is 15.8 Å². The number of benzene rings is 2. The molecule has 5 heteroatoms. The predicted molar refractivity (Wildman–Crippen MR) is 102 cm³/mol. The Morgan fingerprint density at radius 1 is 0.958 bits per heavy atom. The fraction of sp³-hybridized carbons (Fsp3) is 0.316. The number of halogens is 2. The minimum Gasteiger partial charge on any atom is -0.295 e. The van der Waals surface area contributed by atoms with Gasteiger partial charge >= 0.3 is 0 Å². The zero-order valence-corrected chi connectivity index (χ0v) is 15.3. The summed E-state index contributed by atoms with van der Waals surface area (Å²) < 4.78 is 0. The largest absolute Gasteiger partial charge is 0.295 e. The lowest BCUT2D eigenvalue weighted by Gasteiger charge is -2.33. The highest BCUT2D eigenvalue weighted by Crippen LogP contribution is 2.23. The van der Waals surface area contributed by atoms with E-state index >= 15 is 0 Å². The van der Waals surface area contributed by atoms with Gasteiger partial charge in [-0.25, -0.2) is 0 Å². The van der Waals surface area contributed by atoms with E-state index in [1.165, 1.54) is 5.56 Å². The lowest BCUT2D eigenvalue weighted by molar-refractivity contribution is 0.130. The summed E-state index contributed by atoms with van der Waals surface area (Å²) >= 11 is 12.1. The van der Waals surface area contributed by atoms with Crippen LogP contribution in [0.2, 0.25) is 10.0 Å². The van der Waals surface area contributed by atoms with Gasteiger partial charge in [0, 0.05) is 32.7 Å². The molecule has 2 aromatic rings. The summed E-state index contributed by atoms with van der Waals surface area (Å²) in [5.41, 5.74) is 3.34. The summed E-state index contributed by atoms with van der Waals surface area (Å²) in [6, 6.07) is 16.2. The van der Waals surface area contributed by atoms with Crippen LogP contribution >= 0.6 is 23.2 Å². The van der Waals surface area contributed by atoms with E-state index in [0.717, 1.165) is 44.0 Å². The Morgan fingerprint density at radius 2 is 1.67 bits per heavy atom. The van der Waals surface area contributed by atoms with Gasteiger partial charge < -0.3 is 0 Å². The Hall–Kier alpha value is -1.55. The molecule has 0 N–H and O–H groups in total.